The van der Waals surface area contributed by atoms with Crippen molar-refractivity contribution < 1.29 is 9.13 Å². The van der Waals surface area contributed by atoms with Crippen LogP contribution in [0.2, 0.25) is 0 Å². The average Bonchev–Trinajstić information content (AvgIpc) is 2.43. The quantitative estimate of drug-likeness (QED) is 0.810. The molecule has 0 radical (unpaired) electrons. The fourth-order valence-electron chi connectivity index (χ4n) is 2.98. The number of halogens is 1. The molecule has 21 heavy (non-hydrogen) atoms. The maximum Gasteiger partial charge on any atom is 0.125 e. The van der Waals surface area contributed by atoms with Crippen molar-refractivity contribution in [1.82, 2.24) is 5.32 Å². The Kier molecular flexibility index (Phi) is 5.26. The lowest BCUT2D eigenvalue weighted by Crippen LogP contribution is -2.42. The molecular weight excluding hydrogens is 265 g/mol. The van der Waals surface area contributed by atoms with Gasteiger partial charge < -0.3 is 10.1 Å². The molecule has 2 unspecified atom stereocenters. The minimum atomic E-state index is -0.188. The third kappa shape index (κ3) is 4.19. The summed E-state index contributed by atoms with van der Waals surface area (Å²) in [5, 5.41) is 3.55. The fourth-order valence-corrected chi connectivity index (χ4v) is 2.98. The van der Waals surface area contributed by atoms with E-state index in [0.717, 1.165) is 43.5 Å². The largest absolute Gasteiger partial charge is 0.487 e. The first-order chi connectivity index (χ1) is 9.93. The van der Waals surface area contributed by atoms with Crippen molar-refractivity contribution in [2.24, 2.45) is 5.92 Å². The van der Waals surface area contributed by atoms with Crippen molar-refractivity contribution in [2.45, 2.75) is 65.0 Å². The third-order valence-electron chi connectivity index (χ3n) is 4.23. The van der Waals surface area contributed by atoms with Crippen LogP contribution >= 0.6 is 0 Å². The molecule has 0 saturated carbocycles. The Morgan fingerprint density at radius 2 is 2.19 bits per heavy atom. The van der Waals surface area contributed by atoms with Gasteiger partial charge in [-0.25, -0.2) is 4.39 Å². The summed E-state index contributed by atoms with van der Waals surface area (Å²) in [5.41, 5.74) is 0.797. The Balaban J connectivity index is 2.21. The van der Waals surface area contributed by atoms with Crippen molar-refractivity contribution in [2.75, 3.05) is 6.54 Å². The second-order valence-corrected chi connectivity index (χ2v) is 6.88. The highest BCUT2D eigenvalue weighted by Crippen LogP contribution is 2.42. The highest BCUT2D eigenvalue weighted by molar-refractivity contribution is 5.39. The van der Waals surface area contributed by atoms with E-state index in [0.29, 0.717) is 5.92 Å². The molecule has 3 heteroatoms. The average molecular weight is 293 g/mol. The maximum absolute atomic E-state index is 13.6. The molecule has 1 N–H and O–H groups in total. The van der Waals surface area contributed by atoms with Gasteiger partial charge in [0.15, 0.2) is 0 Å². The molecule has 1 aromatic carbocycles. The molecule has 2 atom stereocenters. The molecule has 0 amide bonds. The monoisotopic (exact) mass is 293 g/mol. The Morgan fingerprint density at radius 3 is 2.86 bits per heavy atom. The standard InChI is InChI=1S/C18H28FNO/c1-5-10-20-16-12-18(4,9-8-13(2)3)21-17-7-6-14(19)11-15(16)17/h6-7,11,13,16,20H,5,8-10,12H2,1-4H3. The summed E-state index contributed by atoms with van der Waals surface area (Å²) < 4.78 is 19.8. The first-order valence-corrected chi connectivity index (χ1v) is 8.15. The van der Waals surface area contributed by atoms with Gasteiger partial charge in [0.1, 0.15) is 17.2 Å². The van der Waals surface area contributed by atoms with E-state index in [4.69, 9.17) is 4.74 Å². The van der Waals surface area contributed by atoms with E-state index in [-0.39, 0.29) is 17.5 Å². The van der Waals surface area contributed by atoms with E-state index >= 15 is 0 Å². The van der Waals surface area contributed by atoms with Gasteiger partial charge in [-0.3, -0.25) is 0 Å². The maximum atomic E-state index is 13.6. The van der Waals surface area contributed by atoms with Gasteiger partial charge in [0.2, 0.25) is 0 Å². The molecule has 118 valence electrons. The zero-order valence-corrected chi connectivity index (χ0v) is 13.7. The lowest BCUT2D eigenvalue weighted by atomic mass is 9.84. The summed E-state index contributed by atoms with van der Waals surface area (Å²) in [7, 11) is 0. The van der Waals surface area contributed by atoms with Crippen LogP contribution in [0, 0.1) is 11.7 Å². The minimum Gasteiger partial charge on any atom is -0.487 e. The van der Waals surface area contributed by atoms with Gasteiger partial charge in [0.25, 0.3) is 0 Å². The van der Waals surface area contributed by atoms with Gasteiger partial charge in [0, 0.05) is 18.0 Å². The van der Waals surface area contributed by atoms with Gasteiger partial charge in [0.05, 0.1) is 0 Å². The zero-order chi connectivity index (χ0) is 15.5. The van der Waals surface area contributed by atoms with Gasteiger partial charge in [-0.1, -0.05) is 20.8 Å². The number of hydrogen-bond acceptors (Lipinski definition) is 2. The smallest absolute Gasteiger partial charge is 0.125 e. The Labute approximate surface area is 128 Å². The van der Waals surface area contributed by atoms with Crippen LogP contribution < -0.4 is 10.1 Å². The molecule has 2 rings (SSSR count). The van der Waals surface area contributed by atoms with Gasteiger partial charge >= 0.3 is 0 Å². The van der Waals surface area contributed by atoms with Crippen LogP contribution in [0.1, 0.15) is 65.0 Å². The van der Waals surface area contributed by atoms with Crippen LogP contribution in [0.25, 0.3) is 0 Å². The first-order valence-electron chi connectivity index (χ1n) is 8.15. The predicted octanol–water partition coefficient (Wildman–Crippen LogP) is 4.84. The predicted molar refractivity (Wildman–Crippen MR) is 85.2 cm³/mol. The van der Waals surface area contributed by atoms with Crippen LogP contribution in [-0.2, 0) is 0 Å². The molecule has 1 aliphatic rings. The molecule has 0 spiro atoms. The molecule has 1 aromatic rings. The van der Waals surface area contributed by atoms with E-state index in [9.17, 15) is 4.39 Å². The van der Waals surface area contributed by atoms with E-state index in [1.165, 1.54) is 6.07 Å². The molecular formula is C18H28FNO. The van der Waals surface area contributed by atoms with E-state index < -0.39 is 0 Å². The van der Waals surface area contributed by atoms with E-state index in [1.807, 2.05) is 0 Å². The first kappa shape index (κ1) is 16.3. The Morgan fingerprint density at radius 1 is 1.43 bits per heavy atom. The van der Waals surface area contributed by atoms with Gasteiger partial charge in [-0.05, 0) is 56.8 Å². The second kappa shape index (κ2) is 6.78. The lowest BCUT2D eigenvalue weighted by molar-refractivity contribution is 0.0347. The Hall–Kier alpha value is -1.09. The molecule has 0 aliphatic carbocycles. The van der Waals surface area contributed by atoms with Crippen molar-refractivity contribution in [3.63, 3.8) is 0 Å². The SMILES string of the molecule is CCCNC1CC(C)(CCC(C)C)Oc2ccc(F)cc21. The van der Waals surface area contributed by atoms with Gasteiger partial charge in [-0.15, -0.1) is 0 Å². The van der Waals surface area contributed by atoms with Crippen LogP contribution in [-0.4, -0.2) is 12.1 Å². The summed E-state index contributed by atoms with van der Waals surface area (Å²) in [4.78, 5) is 0. The van der Waals surface area contributed by atoms with Crippen molar-refractivity contribution in [3.8, 4) is 5.75 Å². The number of ether oxygens (including phenoxy) is 1. The number of nitrogens with one attached hydrogen (secondary N) is 1. The summed E-state index contributed by atoms with van der Waals surface area (Å²) >= 11 is 0. The van der Waals surface area contributed by atoms with Crippen molar-refractivity contribution in [3.05, 3.63) is 29.6 Å². The number of benzene rings is 1. The Bertz CT molecular complexity index is 474. The fraction of sp³-hybridized carbons (Fsp3) is 0.667. The third-order valence-corrected chi connectivity index (χ3v) is 4.23. The molecule has 0 fully saturated rings. The lowest BCUT2D eigenvalue weighted by Gasteiger charge is -2.41. The molecule has 0 aromatic heterocycles. The molecule has 0 saturated heterocycles. The highest BCUT2D eigenvalue weighted by atomic mass is 19.1. The van der Waals surface area contributed by atoms with Crippen LogP contribution in [0.3, 0.4) is 0 Å². The highest BCUT2D eigenvalue weighted by Gasteiger charge is 2.37. The second-order valence-electron chi connectivity index (χ2n) is 6.88. The number of rotatable bonds is 6. The van der Waals surface area contributed by atoms with E-state index in [1.54, 1.807) is 12.1 Å². The van der Waals surface area contributed by atoms with Crippen LogP contribution in [0.15, 0.2) is 18.2 Å². The summed E-state index contributed by atoms with van der Waals surface area (Å²) in [6, 6.07) is 5.06. The summed E-state index contributed by atoms with van der Waals surface area (Å²) in [6.07, 6.45) is 4.15. The normalized spacial score (nSPS) is 24.8. The summed E-state index contributed by atoms with van der Waals surface area (Å²) in [5.74, 6) is 1.32. The minimum absolute atomic E-state index is 0.166. The van der Waals surface area contributed by atoms with Gasteiger partial charge in [-0.2, -0.15) is 0 Å². The molecule has 2 nitrogen and oxygen atoms in total. The topological polar surface area (TPSA) is 21.3 Å². The number of hydrogen-bond donors (Lipinski definition) is 1. The molecule has 1 aliphatic heterocycles. The molecule has 1 heterocycles. The summed E-state index contributed by atoms with van der Waals surface area (Å²) in [6.45, 7) is 9.75. The molecule has 0 bridgehead atoms. The van der Waals surface area contributed by atoms with Crippen molar-refractivity contribution >= 4 is 0 Å². The van der Waals surface area contributed by atoms with Crippen LogP contribution in [0.5, 0.6) is 5.75 Å². The number of fused-ring (bicyclic) bond motifs is 1. The van der Waals surface area contributed by atoms with Crippen molar-refractivity contribution in [1.29, 1.82) is 0 Å². The van der Waals surface area contributed by atoms with Crippen LogP contribution in [0.4, 0.5) is 4.39 Å². The zero-order valence-electron chi connectivity index (χ0n) is 13.7. The van der Waals surface area contributed by atoms with E-state index in [2.05, 4.69) is 33.0 Å².